The van der Waals surface area contributed by atoms with Gasteiger partial charge in [0.25, 0.3) is 0 Å². The van der Waals surface area contributed by atoms with Crippen molar-refractivity contribution in [2.75, 3.05) is 0 Å². The molecule has 0 saturated carbocycles. The minimum atomic E-state index is 0.0465. The van der Waals surface area contributed by atoms with Crippen molar-refractivity contribution in [1.29, 1.82) is 0 Å². The van der Waals surface area contributed by atoms with Crippen LogP contribution in [0.4, 0.5) is 0 Å². The van der Waals surface area contributed by atoms with Gasteiger partial charge in [0.1, 0.15) is 0 Å². The third-order valence-electron chi connectivity index (χ3n) is 1.87. The van der Waals surface area contributed by atoms with E-state index < -0.39 is 0 Å². The molecule has 0 unspecified atom stereocenters. The highest BCUT2D eigenvalue weighted by molar-refractivity contribution is 6.02. The fraction of sp³-hybridized carbons (Fsp3) is 0.273. The SMILES string of the molecule is CCCC(=O)c1ccccc1C=O. The van der Waals surface area contributed by atoms with Gasteiger partial charge in [-0.1, -0.05) is 31.2 Å². The van der Waals surface area contributed by atoms with Crippen LogP contribution in [0.2, 0.25) is 0 Å². The summed E-state index contributed by atoms with van der Waals surface area (Å²) in [5, 5.41) is 0. The predicted octanol–water partition coefficient (Wildman–Crippen LogP) is 2.48. The summed E-state index contributed by atoms with van der Waals surface area (Å²) in [7, 11) is 0. The highest BCUT2D eigenvalue weighted by Crippen LogP contribution is 2.09. The molecular formula is C11H12O2. The van der Waals surface area contributed by atoms with Gasteiger partial charge in [0.2, 0.25) is 0 Å². The van der Waals surface area contributed by atoms with Crippen LogP contribution in [-0.2, 0) is 0 Å². The van der Waals surface area contributed by atoms with E-state index in [0.29, 0.717) is 17.5 Å². The molecule has 1 aromatic rings. The van der Waals surface area contributed by atoms with Gasteiger partial charge in [0.05, 0.1) is 0 Å². The quantitative estimate of drug-likeness (QED) is 0.521. The first-order chi connectivity index (χ1) is 6.29. The Morgan fingerprint density at radius 3 is 2.69 bits per heavy atom. The molecule has 0 bridgehead atoms. The van der Waals surface area contributed by atoms with Gasteiger partial charge in [0.15, 0.2) is 12.1 Å². The number of carbonyl (C=O) groups is 2. The zero-order valence-corrected chi connectivity index (χ0v) is 7.62. The molecule has 0 aliphatic rings. The Morgan fingerprint density at radius 2 is 2.08 bits per heavy atom. The van der Waals surface area contributed by atoms with Crippen LogP contribution in [0.15, 0.2) is 24.3 Å². The number of rotatable bonds is 4. The summed E-state index contributed by atoms with van der Waals surface area (Å²) >= 11 is 0. The Morgan fingerprint density at radius 1 is 1.38 bits per heavy atom. The standard InChI is InChI=1S/C11H12O2/c1-2-5-11(13)10-7-4-3-6-9(10)8-12/h3-4,6-8H,2,5H2,1H3. The van der Waals surface area contributed by atoms with Gasteiger partial charge in [-0.3, -0.25) is 9.59 Å². The van der Waals surface area contributed by atoms with Crippen LogP contribution in [-0.4, -0.2) is 12.1 Å². The normalized spacial score (nSPS) is 9.62. The lowest BCUT2D eigenvalue weighted by Gasteiger charge is -2.01. The van der Waals surface area contributed by atoms with Crippen LogP contribution in [0.5, 0.6) is 0 Å². The summed E-state index contributed by atoms with van der Waals surface area (Å²) in [6, 6.07) is 6.89. The van der Waals surface area contributed by atoms with Crippen LogP contribution in [0.1, 0.15) is 40.5 Å². The summed E-state index contributed by atoms with van der Waals surface area (Å²) in [5.74, 6) is 0.0465. The Balaban J connectivity index is 2.98. The summed E-state index contributed by atoms with van der Waals surface area (Å²) in [6.45, 7) is 1.95. The molecule has 68 valence electrons. The largest absolute Gasteiger partial charge is 0.298 e. The molecule has 0 aromatic heterocycles. The molecule has 0 atom stereocenters. The molecule has 1 rings (SSSR count). The molecule has 2 nitrogen and oxygen atoms in total. The number of Topliss-reactive ketones (excluding diaryl/α,β-unsaturated/α-hetero) is 1. The number of carbonyl (C=O) groups excluding carboxylic acids is 2. The third kappa shape index (κ3) is 2.25. The van der Waals surface area contributed by atoms with Crippen molar-refractivity contribution in [3.63, 3.8) is 0 Å². The van der Waals surface area contributed by atoms with E-state index in [2.05, 4.69) is 0 Å². The minimum absolute atomic E-state index is 0.0465. The Labute approximate surface area is 77.6 Å². The van der Waals surface area contributed by atoms with Crippen LogP contribution in [0.25, 0.3) is 0 Å². The Hall–Kier alpha value is -1.44. The molecular weight excluding hydrogens is 164 g/mol. The van der Waals surface area contributed by atoms with E-state index in [1.807, 2.05) is 6.92 Å². The molecule has 0 aliphatic carbocycles. The van der Waals surface area contributed by atoms with E-state index in [-0.39, 0.29) is 5.78 Å². The maximum atomic E-state index is 11.5. The highest BCUT2D eigenvalue weighted by Gasteiger charge is 2.08. The third-order valence-corrected chi connectivity index (χ3v) is 1.87. The first-order valence-electron chi connectivity index (χ1n) is 4.37. The van der Waals surface area contributed by atoms with Crippen LogP contribution < -0.4 is 0 Å². The van der Waals surface area contributed by atoms with Gasteiger partial charge in [-0.2, -0.15) is 0 Å². The minimum Gasteiger partial charge on any atom is -0.298 e. The van der Waals surface area contributed by atoms with Gasteiger partial charge >= 0.3 is 0 Å². The zero-order chi connectivity index (χ0) is 9.68. The van der Waals surface area contributed by atoms with Gasteiger partial charge in [-0.25, -0.2) is 0 Å². The second-order valence-electron chi connectivity index (χ2n) is 2.88. The summed E-state index contributed by atoms with van der Waals surface area (Å²) in [5.41, 5.74) is 1.03. The molecule has 2 heteroatoms. The number of hydrogen-bond acceptors (Lipinski definition) is 2. The van der Waals surface area contributed by atoms with Crippen molar-refractivity contribution in [2.24, 2.45) is 0 Å². The maximum Gasteiger partial charge on any atom is 0.163 e. The van der Waals surface area contributed by atoms with E-state index >= 15 is 0 Å². The molecule has 0 fully saturated rings. The number of aldehydes is 1. The fourth-order valence-electron chi connectivity index (χ4n) is 1.22. The predicted molar refractivity (Wildman–Crippen MR) is 51.1 cm³/mol. The van der Waals surface area contributed by atoms with E-state index in [1.54, 1.807) is 24.3 Å². The second kappa shape index (κ2) is 4.55. The molecule has 0 N–H and O–H groups in total. The summed E-state index contributed by atoms with van der Waals surface area (Å²) in [4.78, 5) is 22.0. The maximum absolute atomic E-state index is 11.5. The average molecular weight is 176 g/mol. The lowest BCUT2D eigenvalue weighted by Crippen LogP contribution is -2.02. The fourth-order valence-corrected chi connectivity index (χ4v) is 1.22. The smallest absolute Gasteiger partial charge is 0.163 e. The Kier molecular flexibility index (Phi) is 3.38. The molecule has 0 amide bonds. The van der Waals surface area contributed by atoms with Gasteiger partial charge in [0, 0.05) is 17.5 Å². The molecule has 0 aliphatic heterocycles. The zero-order valence-electron chi connectivity index (χ0n) is 7.62. The summed E-state index contributed by atoms with van der Waals surface area (Å²) in [6.07, 6.45) is 2.04. The lowest BCUT2D eigenvalue weighted by atomic mass is 10.0. The first kappa shape index (κ1) is 9.65. The van der Waals surface area contributed by atoms with Crippen LogP contribution in [0, 0.1) is 0 Å². The molecule has 13 heavy (non-hydrogen) atoms. The molecule has 0 spiro atoms. The van der Waals surface area contributed by atoms with Gasteiger partial charge < -0.3 is 0 Å². The van der Waals surface area contributed by atoms with Crippen molar-refractivity contribution in [1.82, 2.24) is 0 Å². The van der Waals surface area contributed by atoms with Gasteiger partial charge in [-0.05, 0) is 6.42 Å². The average Bonchev–Trinajstić information content (AvgIpc) is 2.18. The van der Waals surface area contributed by atoms with E-state index in [0.717, 1.165) is 12.7 Å². The topological polar surface area (TPSA) is 34.1 Å². The van der Waals surface area contributed by atoms with Crippen molar-refractivity contribution in [3.05, 3.63) is 35.4 Å². The summed E-state index contributed by atoms with van der Waals surface area (Å²) < 4.78 is 0. The molecule has 0 radical (unpaired) electrons. The van der Waals surface area contributed by atoms with Crippen molar-refractivity contribution < 1.29 is 9.59 Å². The van der Waals surface area contributed by atoms with Crippen molar-refractivity contribution >= 4 is 12.1 Å². The van der Waals surface area contributed by atoms with Crippen molar-refractivity contribution in [3.8, 4) is 0 Å². The van der Waals surface area contributed by atoms with Crippen LogP contribution in [0.3, 0.4) is 0 Å². The van der Waals surface area contributed by atoms with E-state index in [1.165, 1.54) is 0 Å². The number of ketones is 1. The second-order valence-corrected chi connectivity index (χ2v) is 2.88. The Bertz CT molecular complexity index is 316. The first-order valence-corrected chi connectivity index (χ1v) is 4.37. The molecule has 0 saturated heterocycles. The van der Waals surface area contributed by atoms with Crippen molar-refractivity contribution in [2.45, 2.75) is 19.8 Å². The molecule has 1 aromatic carbocycles. The highest BCUT2D eigenvalue weighted by atomic mass is 16.1. The van der Waals surface area contributed by atoms with E-state index in [4.69, 9.17) is 0 Å². The van der Waals surface area contributed by atoms with Crippen LogP contribution >= 0.6 is 0 Å². The van der Waals surface area contributed by atoms with E-state index in [9.17, 15) is 9.59 Å². The number of benzene rings is 1. The lowest BCUT2D eigenvalue weighted by molar-refractivity contribution is 0.0975. The molecule has 0 heterocycles. The monoisotopic (exact) mass is 176 g/mol. The van der Waals surface area contributed by atoms with Gasteiger partial charge in [-0.15, -0.1) is 0 Å². The number of hydrogen-bond donors (Lipinski definition) is 0.